The van der Waals surface area contributed by atoms with Crippen molar-refractivity contribution in [2.45, 2.75) is 39.3 Å². The number of ether oxygens (including phenoxy) is 1. The summed E-state index contributed by atoms with van der Waals surface area (Å²) in [5.74, 6) is 0. The van der Waals surface area contributed by atoms with Gasteiger partial charge in [-0.2, -0.15) is 0 Å². The van der Waals surface area contributed by atoms with E-state index in [4.69, 9.17) is 4.74 Å². The maximum Gasteiger partial charge on any atom is 0.0742 e. The van der Waals surface area contributed by atoms with Crippen molar-refractivity contribution in [3.05, 3.63) is 42.1 Å². The molecule has 1 N–H and O–H groups in total. The summed E-state index contributed by atoms with van der Waals surface area (Å²) >= 11 is 0. The number of nitrogens with one attached hydrogen (secondary N) is 1. The molecular formula is C17H24N2O. The van der Waals surface area contributed by atoms with E-state index in [0.717, 1.165) is 25.1 Å². The maximum atomic E-state index is 5.78. The molecule has 108 valence electrons. The van der Waals surface area contributed by atoms with Crippen LogP contribution in [0.15, 0.2) is 36.5 Å². The van der Waals surface area contributed by atoms with Crippen molar-refractivity contribution in [1.82, 2.24) is 10.3 Å². The molecule has 0 amide bonds. The fraction of sp³-hybridized carbons (Fsp3) is 0.471. The van der Waals surface area contributed by atoms with Crippen LogP contribution < -0.4 is 5.32 Å². The molecule has 1 aromatic heterocycles. The molecule has 0 fully saturated rings. The Balaban J connectivity index is 2.29. The molecule has 2 aromatic rings. The maximum absolute atomic E-state index is 5.78. The molecule has 0 saturated carbocycles. The molecule has 0 aliphatic heterocycles. The molecule has 0 aliphatic carbocycles. The highest BCUT2D eigenvalue weighted by molar-refractivity contribution is 5.78. The zero-order valence-corrected chi connectivity index (χ0v) is 12.6. The van der Waals surface area contributed by atoms with Crippen molar-refractivity contribution in [2.75, 3.05) is 13.2 Å². The minimum Gasteiger partial charge on any atom is -0.377 e. The van der Waals surface area contributed by atoms with Gasteiger partial charge in [0, 0.05) is 18.2 Å². The fourth-order valence-corrected chi connectivity index (χ4v) is 2.47. The van der Waals surface area contributed by atoms with E-state index in [1.807, 2.05) is 31.3 Å². The molecule has 0 spiro atoms. The fourth-order valence-electron chi connectivity index (χ4n) is 2.47. The van der Waals surface area contributed by atoms with Crippen molar-refractivity contribution < 1.29 is 4.74 Å². The van der Waals surface area contributed by atoms with Crippen molar-refractivity contribution in [2.24, 2.45) is 0 Å². The number of pyridine rings is 1. The first-order chi connectivity index (χ1) is 9.76. The van der Waals surface area contributed by atoms with E-state index in [9.17, 15) is 0 Å². The second-order valence-corrected chi connectivity index (χ2v) is 5.05. The minimum absolute atomic E-state index is 0.134. The second kappa shape index (κ2) is 7.36. The number of rotatable bonds is 7. The average Bonchev–Trinajstić information content (AvgIpc) is 2.48. The van der Waals surface area contributed by atoms with Crippen LogP contribution in [0.3, 0.4) is 0 Å². The summed E-state index contributed by atoms with van der Waals surface area (Å²) < 4.78 is 5.78. The molecule has 20 heavy (non-hydrogen) atoms. The Hall–Kier alpha value is -1.45. The van der Waals surface area contributed by atoms with Crippen LogP contribution in [0.25, 0.3) is 10.9 Å². The molecule has 0 saturated heterocycles. The summed E-state index contributed by atoms with van der Waals surface area (Å²) in [6.07, 6.45) is 3.20. The Morgan fingerprint density at radius 1 is 1.25 bits per heavy atom. The first-order valence-corrected chi connectivity index (χ1v) is 7.46. The van der Waals surface area contributed by atoms with Crippen molar-refractivity contribution >= 4 is 10.9 Å². The lowest BCUT2D eigenvalue weighted by Gasteiger charge is -2.25. The third kappa shape index (κ3) is 3.56. The van der Waals surface area contributed by atoms with E-state index >= 15 is 0 Å². The summed E-state index contributed by atoms with van der Waals surface area (Å²) in [5, 5.41) is 4.75. The summed E-state index contributed by atoms with van der Waals surface area (Å²) in [7, 11) is 0. The largest absolute Gasteiger partial charge is 0.377 e. The van der Waals surface area contributed by atoms with E-state index in [-0.39, 0.29) is 12.1 Å². The number of hydrogen-bond donors (Lipinski definition) is 1. The molecule has 0 aliphatic rings. The molecule has 3 heteroatoms. The van der Waals surface area contributed by atoms with Crippen LogP contribution in [-0.2, 0) is 4.74 Å². The Morgan fingerprint density at radius 3 is 2.80 bits per heavy atom. The molecule has 0 bridgehead atoms. The van der Waals surface area contributed by atoms with Crippen LogP contribution in [0, 0.1) is 0 Å². The van der Waals surface area contributed by atoms with E-state index in [0.29, 0.717) is 0 Å². The van der Waals surface area contributed by atoms with Crippen LogP contribution in [0.4, 0.5) is 0 Å². The first-order valence-electron chi connectivity index (χ1n) is 7.46. The van der Waals surface area contributed by atoms with Gasteiger partial charge in [-0.3, -0.25) is 4.98 Å². The number of benzene rings is 1. The number of aromatic nitrogens is 1. The van der Waals surface area contributed by atoms with Gasteiger partial charge in [-0.05, 0) is 44.5 Å². The standard InChI is InChI=1S/C17H24N2O/c1-4-10-18-17(13(3)20-5-2)15-11-14-8-6-7-9-16(14)19-12-15/h6-9,11-13,17-18H,4-5,10H2,1-3H3. The third-order valence-electron chi connectivity index (χ3n) is 3.48. The monoisotopic (exact) mass is 272 g/mol. The van der Waals surface area contributed by atoms with Gasteiger partial charge < -0.3 is 10.1 Å². The SMILES string of the molecule is CCCNC(c1cnc2ccccc2c1)C(C)OCC. The highest BCUT2D eigenvalue weighted by Crippen LogP contribution is 2.22. The summed E-state index contributed by atoms with van der Waals surface area (Å²) in [5.41, 5.74) is 2.23. The van der Waals surface area contributed by atoms with Gasteiger partial charge in [-0.25, -0.2) is 0 Å². The highest BCUT2D eigenvalue weighted by atomic mass is 16.5. The summed E-state index contributed by atoms with van der Waals surface area (Å²) in [6.45, 7) is 8.04. The normalized spacial score (nSPS) is 14.3. The molecular weight excluding hydrogens is 248 g/mol. The average molecular weight is 272 g/mol. The van der Waals surface area contributed by atoms with Gasteiger partial charge in [0.25, 0.3) is 0 Å². The topological polar surface area (TPSA) is 34.2 Å². The van der Waals surface area contributed by atoms with Crippen LogP contribution in [0.2, 0.25) is 0 Å². The molecule has 1 aromatic carbocycles. The third-order valence-corrected chi connectivity index (χ3v) is 3.48. The second-order valence-electron chi connectivity index (χ2n) is 5.05. The predicted octanol–water partition coefficient (Wildman–Crippen LogP) is 3.70. The first kappa shape index (κ1) is 14.9. The van der Waals surface area contributed by atoms with E-state index in [2.05, 4.69) is 36.3 Å². The van der Waals surface area contributed by atoms with Gasteiger partial charge in [-0.15, -0.1) is 0 Å². The van der Waals surface area contributed by atoms with Crippen LogP contribution in [0.1, 0.15) is 38.8 Å². The summed E-state index contributed by atoms with van der Waals surface area (Å²) in [6, 6.07) is 10.6. The quantitative estimate of drug-likeness (QED) is 0.834. The molecule has 2 unspecified atom stereocenters. The minimum atomic E-state index is 0.134. The lowest BCUT2D eigenvalue weighted by molar-refractivity contribution is 0.0472. The smallest absolute Gasteiger partial charge is 0.0742 e. The van der Waals surface area contributed by atoms with Crippen LogP contribution in [-0.4, -0.2) is 24.2 Å². The van der Waals surface area contributed by atoms with Gasteiger partial charge in [0.05, 0.1) is 17.7 Å². The molecule has 0 radical (unpaired) electrons. The molecule has 2 rings (SSSR count). The van der Waals surface area contributed by atoms with E-state index in [1.165, 1.54) is 10.9 Å². The zero-order valence-electron chi connectivity index (χ0n) is 12.6. The van der Waals surface area contributed by atoms with E-state index in [1.54, 1.807) is 0 Å². The van der Waals surface area contributed by atoms with Gasteiger partial charge in [0.15, 0.2) is 0 Å². The number of hydrogen-bond acceptors (Lipinski definition) is 3. The van der Waals surface area contributed by atoms with Crippen molar-refractivity contribution in [1.29, 1.82) is 0 Å². The van der Waals surface area contributed by atoms with Gasteiger partial charge in [0.2, 0.25) is 0 Å². The number of fused-ring (bicyclic) bond motifs is 1. The number of para-hydroxylation sites is 1. The summed E-state index contributed by atoms with van der Waals surface area (Å²) in [4.78, 5) is 4.56. The zero-order chi connectivity index (χ0) is 14.4. The Labute approximate surface area is 121 Å². The Bertz CT molecular complexity index is 541. The van der Waals surface area contributed by atoms with Gasteiger partial charge >= 0.3 is 0 Å². The Morgan fingerprint density at radius 2 is 2.05 bits per heavy atom. The highest BCUT2D eigenvalue weighted by Gasteiger charge is 2.19. The molecule has 3 nitrogen and oxygen atoms in total. The predicted molar refractivity (Wildman–Crippen MR) is 83.9 cm³/mol. The molecule has 2 atom stereocenters. The van der Waals surface area contributed by atoms with Crippen LogP contribution in [0.5, 0.6) is 0 Å². The lowest BCUT2D eigenvalue weighted by atomic mass is 10.0. The van der Waals surface area contributed by atoms with Crippen molar-refractivity contribution in [3.63, 3.8) is 0 Å². The van der Waals surface area contributed by atoms with Crippen molar-refractivity contribution in [3.8, 4) is 0 Å². The molecule has 1 heterocycles. The Kier molecular flexibility index (Phi) is 5.50. The van der Waals surface area contributed by atoms with E-state index < -0.39 is 0 Å². The van der Waals surface area contributed by atoms with Crippen LogP contribution >= 0.6 is 0 Å². The van der Waals surface area contributed by atoms with Gasteiger partial charge in [0.1, 0.15) is 0 Å². The lowest BCUT2D eigenvalue weighted by Crippen LogP contribution is -2.32. The van der Waals surface area contributed by atoms with Gasteiger partial charge in [-0.1, -0.05) is 25.1 Å². The number of nitrogens with zero attached hydrogens (tertiary/aromatic N) is 1.